The van der Waals surface area contributed by atoms with Crippen LogP contribution in [0.5, 0.6) is 0 Å². The minimum absolute atomic E-state index is 0.170. The van der Waals surface area contributed by atoms with Crippen molar-refractivity contribution in [3.05, 3.63) is 24.2 Å². The lowest BCUT2D eigenvalue weighted by molar-refractivity contribution is 0.482. The van der Waals surface area contributed by atoms with Gasteiger partial charge in [0.25, 0.3) is 0 Å². The molecule has 16 heavy (non-hydrogen) atoms. The average molecular weight is 241 g/mol. The normalized spacial score (nSPS) is 11.5. The quantitative estimate of drug-likeness (QED) is 0.628. The molecule has 0 saturated heterocycles. The van der Waals surface area contributed by atoms with E-state index in [0.29, 0.717) is 11.0 Å². The number of aromatic nitrogens is 2. The molecule has 0 aliphatic carbocycles. The first kappa shape index (κ1) is 13.0. The second-order valence-corrected chi connectivity index (χ2v) is 4.98. The van der Waals surface area contributed by atoms with Gasteiger partial charge in [0, 0.05) is 12.6 Å². The lowest BCUT2D eigenvalue weighted by atomic mass is 9.91. The fourth-order valence-electron chi connectivity index (χ4n) is 1.09. The zero-order valence-corrected chi connectivity index (χ0v) is 10.5. The molecule has 0 saturated carbocycles. The average Bonchev–Trinajstić information content (AvgIpc) is 2.09. The van der Waals surface area contributed by atoms with Crippen LogP contribution < -0.4 is 11.1 Å². The third kappa shape index (κ3) is 5.16. The van der Waals surface area contributed by atoms with Crippen molar-refractivity contribution in [3.63, 3.8) is 0 Å². The fraction of sp³-hybridized carbons (Fsp3) is 0.455. The first-order valence-electron chi connectivity index (χ1n) is 5.09. The van der Waals surface area contributed by atoms with Crippen LogP contribution in [0.15, 0.2) is 6.07 Å². The molecule has 1 aromatic rings. The van der Waals surface area contributed by atoms with Gasteiger partial charge in [-0.25, -0.2) is 4.98 Å². The minimum atomic E-state index is 0.170. The second-order valence-electron chi connectivity index (χ2n) is 4.59. The van der Waals surface area contributed by atoms with Crippen LogP contribution in [0.4, 0.5) is 11.8 Å². The van der Waals surface area contributed by atoms with Gasteiger partial charge in [-0.05, 0) is 18.3 Å². The predicted molar refractivity (Wildman–Crippen MR) is 67.7 cm³/mol. The van der Waals surface area contributed by atoms with Gasteiger partial charge in [-0.3, -0.25) is 0 Å². The number of hydrogen-bond donors (Lipinski definition) is 2. The molecule has 88 valence electrons. The predicted octanol–water partition coefficient (Wildman–Crippen LogP) is 2.93. The number of hydrogen-bond acceptors (Lipinski definition) is 4. The molecule has 4 nitrogen and oxygen atoms in total. The molecular weight excluding hydrogens is 224 g/mol. The van der Waals surface area contributed by atoms with E-state index in [1.807, 2.05) is 6.54 Å². The molecule has 0 atom stereocenters. The van der Waals surface area contributed by atoms with Crippen LogP contribution in [-0.2, 0) is 0 Å². The van der Waals surface area contributed by atoms with Crippen molar-refractivity contribution < 1.29 is 0 Å². The Labute approximate surface area is 102 Å². The van der Waals surface area contributed by atoms with Gasteiger partial charge in [-0.1, -0.05) is 32.4 Å². The van der Waals surface area contributed by atoms with E-state index < -0.39 is 0 Å². The van der Waals surface area contributed by atoms with E-state index in [-0.39, 0.29) is 11.4 Å². The number of nitrogens with zero attached hydrogens (tertiary/aromatic N) is 2. The summed E-state index contributed by atoms with van der Waals surface area (Å²) in [5, 5.41) is 3.36. The zero-order valence-electron chi connectivity index (χ0n) is 9.79. The van der Waals surface area contributed by atoms with Crippen molar-refractivity contribution in [2.75, 3.05) is 11.1 Å². The van der Waals surface area contributed by atoms with Crippen molar-refractivity contribution in [3.8, 4) is 0 Å². The zero-order chi connectivity index (χ0) is 12.2. The van der Waals surface area contributed by atoms with Gasteiger partial charge in [0.05, 0.1) is 0 Å². The first-order valence-corrected chi connectivity index (χ1v) is 5.47. The Morgan fingerprint density at radius 3 is 2.69 bits per heavy atom. The Kier molecular flexibility index (Phi) is 4.35. The maximum absolute atomic E-state index is 5.74. The molecular formula is C11H17ClN4. The Bertz CT molecular complexity index is 326. The molecule has 0 spiro atoms. The molecule has 3 N–H and O–H groups in total. The number of nitrogens with one attached hydrogen (secondary N) is 1. The molecule has 0 aliphatic heterocycles. The van der Waals surface area contributed by atoms with Gasteiger partial charge in [0.2, 0.25) is 5.95 Å². The van der Waals surface area contributed by atoms with Crippen LogP contribution in [0.3, 0.4) is 0 Å². The highest BCUT2D eigenvalue weighted by atomic mass is 35.5. The van der Waals surface area contributed by atoms with Gasteiger partial charge in [-0.2, -0.15) is 4.98 Å². The summed E-state index contributed by atoms with van der Waals surface area (Å²) in [5.74, 6) is 0.781. The largest absolute Gasteiger partial charge is 0.368 e. The van der Waals surface area contributed by atoms with Crippen LogP contribution in [-0.4, -0.2) is 9.97 Å². The molecule has 0 fully saturated rings. The molecule has 1 rings (SSSR count). The van der Waals surface area contributed by atoms with E-state index in [9.17, 15) is 0 Å². The third-order valence-electron chi connectivity index (χ3n) is 1.81. The molecule has 0 amide bonds. The monoisotopic (exact) mass is 240 g/mol. The highest BCUT2D eigenvalue weighted by Crippen LogP contribution is 2.20. The number of anilines is 2. The molecule has 0 aromatic carbocycles. The SMILES string of the molecule is CC(C)(C)[CH]C[CH]Nc1cc(Cl)nc(N)n1. The summed E-state index contributed by atoms with van der Waals surface area (Å²) in [7, 11) is 0. The summed E-state index contributed by atoms with van der Waals surface area (Å²) >= 11 is 5.74. The van der Waals surface area contributed by atoms with E-state index >= 15 is 0 Å². The Morgan fingerprint density at radius 2 is 2.12 bits per heavy atom. The second kappa shape index (κ2) is 5.34. The van der Waals surface area contributed by atoms with Crippen molar-refractivity contribution in [2.45, 2.75) is 27.2 Å². The van der Waals surface area contributed by atoms with Gasteiger partial charge in [0.1, 0.15) is 11.0 Å². The Hall–Kier alpha value is -1.03. The number of rotatable bonds is 4. The van der Waals surface area contributed by atoms with Crippen molar-refractivity contribution in [1.82, 2.24) is 9.97 Å². The fourth-order valence-corrected chi connectivity index (χ4v) is 1.28. The highest BCUT2D eigenvalue weighted by molar-refractivity contribution is 6.29. The number of nitrogen functional groups attached to an aromatic ring is 1. The lowest BCUT2D eigenvalue weighted by Crippen LogP contribution is -2.08. The smallest absolute Gasteiger partial charge is 0.223 e. The molecule has 1 aromatic heterocycles. The first-order chi connectivity index (χ1) is 7.37. The van der Waals surface area contributed by atoms with Crippen LogP contribution >= 0.6 is 11.6 Å². The van der Waals surface area contributed by atoms with Crippen LogP contribution in [0.25, 0.3) is 0 Å². The molecule has 1 heterocycles. The standard InChI is InChI=1S/C11H17ClN4/c1-11(2,3)5-4-6-14-9-7-8(12)15-10(13)16-9/h5-7H,4H2,1-3H3,(H3,13,14,15,16). The van der Waals surface area contributed by atoms with Gasteiger partial charge in [0.15, 0.2) is 0 Å². The topological polar surface area (TPSA) is 63.8 Å². The molecule has 2 radical (unpaired) electrons. The third-order valence-corrected chi connectivity index (χ3v) is 2.00. The van der Waals surface area contributed by atoms with Crippen molar-refractivity contribution in [2.24, 2.45) is 5.41 Å². The summed E-state index contributed by atoms with van der Waals surface area (Å²) in [6.45, 7) is 8.37. The summed E-state index contributed by atoms with van der Waals surface area (Å²) in [6.07, 6.45) is 3.04. The van der Waals surface area contributed by atoms with Crippen molar-refractivity contribution >= 4 is 23.4 Å². The summed E-state index contributed by atoms with van der Waals surface area (Å²) in [5.41, 5.74) is 5.67. The maximum Gasteiger partial charge on any atom is 0.223 e. The van der Waals surface area contributed by atoms with E-state index in [0.717, 1.165) is 6.42 Å². The highest BCUT2D eigenvalue weighted by Gasteiger charge is 2.09. The summed E-state index contributed by atoms with van der Waals surface area (Å²) in [6, 6.07) is 1.63. The number of nitrogens with two attached hydrogens (primary N) is 1. The van der Waals surface area contributed by atoms with Gasteiger partial charge >= 0.3 is 0 Å². The van der Waals surface area contributed by atoms with Crippen LogP contribution in [0, 0.1) is 18.4 Å². The molecule has 0 bridgehead atoms. The van der Waals surface area contributed by atoms with Gasteiger partial charge in [-0.15, -0.1) is 0 Å². The van der Waals surface area contributed by atoms with Crippen molar-refractivity contribution in [1.29, 1.82) is 0 Å². The van der Waals surface area contributed by atoms with E-state index in [4.69, 9.17) is 17.3 Å². The minimum Gasteiger partial charge on any atom is -0.368 e. The molecule has 0 unspecified atom stereocenters. The Balaban J connectivity index is 2.37. The van der Waals surface area contributed by atoms with E-state index in [1.165, 1.54) is 0 Å². The summed E-state index contributed by atoms with van der Waals surface area (Å²) in [4.78, 5) is 7.77. The Morgan fingerprint density at radius 1 is 1.44 bits per heavy atom. The summed E-state index contributed by atoms with van der Waals surface area (Å²) < 4.78 is 0. The number of halogens is 1. The molecule has 0 aliphatic rings. The van der Waals surface area contributed by atoms with Gasteiger partial charge < -0.3 is 11.1 Å². The van der Waals surface area contributed by atoms with E-state index in [1.54, 1.807) is 6.07 Å². The van der Waals surface area contributed by atoms with E-state index in [2.05, 4.69) is 42.5 Å². The maximum atomic E-state index is 5.74. The van der Waals surface area contributed by atoms with Crippen LogP contribution in [0.2, 0.25) is 5.15 Å². The lowest BCUT2D eigenvalue weighted by Gasteiger charge is -2.17. The van der Waals surface area contributed by atoms with Crippen LogP contribution in [0.1, 0.15) is 27.2 Å². The molecule has 5 heteroatoms.